The Labute approximate surface area is 171 Å². The fraction of sp³-hybridized carbons (Fsp3) is 0.526. The monoisotopic (exact) mass is 424 g/mol. The number of carbonyl (C=O) groups is 3. The molecule has 7 N–H and O–H groups in total. The molecule has 0 saturated heterocycles. The van der Waals surface area contributed by atoms with Gasteiger partial charge in [-0.1, -0.05) is 40.0 Å². The summed E-state index contributed by atoms with van der Waals surface area (Å²) in [7, 11) is 0. The van der Waals surface area contributed by atoms with Crippen molar-refractivity contribution in [3.05, 3.63) is 38.0 Å². The van der Waals surface area contributed by atoms with Gasteiger partial charge >= 0.3 is 17.9 Å². The summed E-state index contributed by atoms with van der Waals surface area (Å²) in [6, 6.07) is 0. The van der Waals surface area contributed by atoms with Crippen LogP contribution in [0.1, 0.15) is 33.1 Å². The minimum atomic E-state index is -0.981. The molecule has 0 aromatic carbocycles. The summed E-state index contributed by atoms with van der Waals surface area (Å²) in [5, 5.41) is 56.8. The molecule has 0 aliphatic carbocycles. The number of carboxylic acid groups (broad SMARTS) is 3. The zero-order valence-electron chi connectivity index (χ0n) is 17.2. The van der Waals surface area contributed by atoms with E-state index < -0.39 is 23.3 Å². The highest BCUT2D eigenvalue weighted by atomic mass is 16.4. The van der Waals surface area contributed by atoms with Gasteiger partial charge in [0.15, 0.2) is 0 Å². The van der Waals surface area contributed by atoms with Gasteiger partial charge in [0.1, 0.15) is 0 Å². The van der Waals surface area contributed by atoms with Crippen LogP contribution < -0.4 is 0 Å². The van der Waals surface area contributed by atoms with E-state index in [1.54, 1.807) is 0 Å². The Morgan fingerprint density at radius 3 is 0.966 bits per heavy atom. The third kappa shape index (κ3) is 46.0. The van der Waals surface area contributed by atoms with Crippen molar-refractivity contribution in [2.24, 2.45) is 5.41 Å². The molecule has 0 rings (SSSR count). The average Bonchev–Trinajstić information content (AvgIpc) is 2.72. The number of carboxylic acids is 3. The van der Waals surface area contributed by atoms with Crippen LogP contribution >= 0.6 is 0 Å². The van der Waals surface area contributed by atoms with Crippen LogP contribution in [-0.4, -0.2) is 80.1 Å². The maximum absolute atomic E-state index is 9.25. The minimum Gasteiger partial charge on any atom is -0.478 e. The van der Waals surface area contributed by atoms with E-state index in [0.717, 1.165) is 31.1 Å². The fourth-order valence-electron chi connectivity index (χ4n) is 0.644. The first kappa shape index (κ1) is 37.3. The molecule has 0 saturated carbocycles. The number of hydrogen-bond donors (Lipinski definition) is 7. The maximum atomic E-state index is 9.25. The lowest BCUT2D eigenvalue weighted by Gasteiger charge is -2.24. The summed E-state index contributed by atoms with van der Waals surface area (Å²) in [6.45, 7) is 12.6. The van der Waals surface area contributed by atoms with E-state index in [1.165, 1.54) is 0 Å². The number of aliphatic hydroxyl groups excluding tert-OH is 4. The topological polar surface area (TPSA) is 193 Å². The third-order valence-electron chi connectivity index (χ3n) is 2.79. The molecule has 0 heterocycles. The van der Waals surface area contributed by atoms with E-state index in [2.05, 4.69) is 26.7 Å². The Morgan fingerprint density at radius 1 is 0.724 bits per heavy atom. The van der Waals surface area contributed by atoms with E-state index in [9.17, 15) is 14.4 Å². The smallest absolute Gasteiger partial charge is 0.327 e. The summed E-state index contributed by atoms with van der Waals surface area (Å²) < 4.78 is 0. The molecule has 0 unspecified atom stereocenters. The average molecular weight is 424 g/mol. The molecule has 0 aromatic rings. The van der Waals surface area contributed by atoms with Gasteiger partial charge in [-0.2, -0.15) is 0 Å². The molecule has 0 radical (unpaired) electrons. The van der Waals surface area contributed by atoms with Crippen molar-refractivity contribution >= 4 is 17.9 Å². The van der Waals surface area contributed by atoms with E-state index in [0.29, 0.717) is 13.0 Å². The molecule has 172 valence electrons. The van der Waals surface area contributed by atoms with Crippen LogP contribution in [0.3, 0.4) is 0 Å². The lowest BCUT2D eigenvalue weighted by Crippen LogP contribution is -2.32. The van der Waals surface area contributed by atoms with Crippen LogP contribution in [0.4, 0.5) is 0 Å². The fourth-order valence-corrected chi connectivity index (χ4v) is 0.644. The summed E-state index contributed by atoms with van der Waals surface area (Å²) in [6.07, 6.45) is 5.13. The molecular formula is C19H36O10. The number of hydrogen-bond acceptors (Lipinski definition) is 7. The Bertz CT molecular complexity index is 366. The van der Waals surface area contributed by atoms with E-state index in [-0.39, 0.29) is 19.8 Å². The summed E-state index contributed by atoms with van der Waals surface area (Å²) >= 11 is 0. The van der Waals surface area contributed by atoms with Gasteiger partial charge in [0.05, 0.1) is 19.8 Å². The maximum Gasteiger partial charge on any atom is 0.327 e. The van der Waals surface area contributed by atoms with Gasteiger partial charge in [0.2, 0.25) is 0 Å². The van der Waals surface area contributed by atoms with Crippen LogP contribution in [0.15, 0.2) is 38.0 Å². The molecule has 0 bridgehead atoms. The molecule has 0 amide bonds. The van der Waals surface area contributed by atoms with Crippen LogP contribution in [0.5, 0.6) is 0 Å². The molecular weight excluding hydrogens is 388 g/mol. The molecule has 0 fully saturated rings. The van der Waals surface area contributed by atoms with E-state index in [4.69, 9.17) is 35.7 Å². The molecule has 0 atom stereocenters. The Hall–Kier alpha value is -2.53. The lowest BCUT2D eigenvalue weighted by atomic mass is 9.88. The second-order valence-electron chi connectivity index (χ2n) is 5.03. The highest BCUT2D eigenvalue weighted by Crippen LogP contribution is 2.18. The molecule has 0 spiro atoms. The summed E-state index contributed by atoms with van der Waals surface area (Å²) in [5.41, 5.74) is -0.667. The number of unbranched alkanes of at least 4 members (excludes halogenated alkanes) is 1. The quantitative estimate of drug-likeness (QED) is 0.262. The number of rotatable bonds is 9. The van der Waals surface area contributed by atoms with Gasteiger partial charge in [0, 0.05) is 30.2 Å². The van der Waals surface area contributed by atoms with Gasteiger partial charge in [-0.05, 0) is 12.8 Å². The highest BCUT2D eigenvalue weighted by molar-refractivity contribution is 5.79. The van der Waals surface area contributed by atoms with Gasteiger partial charge in [-0.25, -0.2) is 14.4 Å². The normalized spacial score (nSPS) is 8.48. The zero-order chi connectivity index (χ0) is 24.3. The largest absolute Gasteiger partial charge is 0.478 e. The zero-order valence-corrected chi connectivity index (χ0v) is 17.2. The first-order valence-electron chi connectivity index (χ1n) is 8.47. The first-order chi connectivity index (χ1) is 13.5. The Kier molecular flexibility index (Phi) is 38.8. The molecule has 29 heavy (non-hydrogen) atoms. The van der Waals surface area contributed by atoms with E-state index in [1.807, 2.05) is 6.92 Å². The summed E-state index contributed by atoms with van der Waals surface area (Å²) in [4.78, 5) is 27.8. The Balaban J connectivity index is -0.0000000853. The Morgan fingerprint density at radius 2 is 0.966 bits per heavy atom. The predicted octanol–water partition coefficient (Wildman–Crippen LogP) is 0.910. The van der Waals surface area contributed by atoms with E-state index >= 15 is 0 Å². The van der Waals surface area contributed by atoms with Crippen molar-refractivity contribution in [3.8, 4) is 0 Å². The van der Waals surface area contributed by atoms with Crippen molar-refractivity contribution in [2.75, 3.05) is 26.4 Å². The van der Waals surface area contributed by atoms with Crippen LogP contribution in [0, 0.1) is 5.41 Å². The number of aliphatic carboxylic acids is 3. The van der Waals surface area contributed by atoms with Crippen LogP contribution in [0.2, 0.25) is 0 Å². The van der Waals surface area contributed by atoms with Crippen molar-refractivity contribution in [2.45, 2.75) is 33.1 Å². The van der Waals surface area contributed by atoms with Crippen molar-refractivity contribution in [1.82, 2.24) is 0 Å². The molecule has 10 nitrogen and oxygen atoms in total. The van der Waals surface area contributed by atoms with Crippen molar-refractivity contribution < 1.29 is 50.1 Å². The minimum absolute atomic E-state index is 0.156. The molecule has 0 aliphatic heterocycles. The lowest BCUT2D eigenvalue weighted by molar-refractivity contribution is -0.132. The number of aliphatic hydroxyl groups is 4. The van der Waals surface area contributed by atoms with Crippen molar-refractivity contribution in [3.63, 3.8) is 0 Å². The summed E-state index contributed by atoms with van der Waals surface area (Å²) in [5.74, 6) is -2.94. The molecule has 10 heteroatoms. The highest BCUT2D eigenvalue weighted by Gasteiger charge is 2.24. The van der Waals surface area contributed by atoms with Gasteiger partial charge in [-0.15, -0.1) is 0 Å². The first-order valence-corrected chi connectivity index (χ1v) is 8.47. The van der Waals surface area contributed by atoms with Crippen molar-refractivity contribution in [1.29, 1.82) is 0 Å². The third-order valence-corrected chi connectivity index (χ3v) is 2.79. The second-order valence-corrected chi connectivity index (χ2v) is 5.03. The van der Waals surface area contributed by atoms with Gasteiger partial charge < -0.3 is 35.7 Å². The van der Waals surface area contributed by atoms with Gasteiger partial charge in [0.25, 0.3) is 0 Å². The SMILES string of the molecule is C=CC(=O)O.C=CC(=O)O.C=CC(=O)O.CCC(CO)(CO)CO.CCCCO. The van der Waals surface area contributed by atoms with Crippen LogP contribution in [-0.2, 0) is 14.4 Å². The second kappa shape index (κ2) is 30.2. The molecule has 0 aliphatic rings. The standard InChI is InChI=1S/C6H14O3.C4H10O.3C3H4O2/c1-2-6(3-7,4-8)5-9;1-2-3-4-5;3*1-2-3(4)5/h7-9H,2-5H2,1H3;5H,2-4H2,1H3;3*2H,1H2,(H,4,5). The predicted molar refractivity (Wildman–Crippen MR) is 109 cm³/mol. The van der Waals surface area contributed by atoms with Gasteiger partial charge in [-0.3, -0.25) is 0 Å². The van der Waals surface area contributed by atoms with Crippen LogP contribution in [0.25, 0.3) is 0 Å². The molecule has 0 aromatic heterocycles.